The number of hydrogen-bond acceptors (Lipinski definition) is 2. The van der Waals surface area contributed by atoms with Crippen LogP contribution in [0.1, 0.15) is 98.3 Å². The Morgan fingerprint density at radius 1 is 0.871 bits per heavy atom. The van der Waals surface area contributed by atoms with Crippen LogP contribution in [0.2, 0.25) is 0 Å². The fourth-order valence-corrected chi connectivity index (χ4v) is 9.19. The van der Waals surface area contributed by atoms with Crippen LogP contribution in [0.4, 0.5) is 13.2 Å². The van der Waals surface area contributed by atoms with Crippen LogP contribution >= 0.6 is 0 Å². The standard InChI is InChI=1S/C26H43F3O2/c1-16(5-10-22(30)26(27,28)29)19-8-9-20-18-7-6-17-15-23(2,31)13-14-24(17,3)21(18)11-12-25(19,20)4/h16-22,30-31H,5-15H2,1-4H3/t16-,17+,18+,19-,20+,21+,22+,23+,24+,25-/m1/s1. The minimum Gasteiger partial charge on any atom is -0.390 e. The molecule has 0 bridgehead atoms. The third kappa shape index (κ3) is 4.09. The molecule has 5 heteroatoms. The summed E-state index contributed by atoms with van der Waals surface area (Å²) in [7, 11) is 0. The van der Waals surface area contributed by atoms with Crippen LogP contribution in [0.5, 0.6) is 0 Å². The zero-order chi connectivity index (χ0) is 22.8. The van der Waals surface area contributed by atoms with Crippen molar-refractivity contribution in [3.8, 4) is 0 Å². The number of fused-ring (bicyclic) bond motifs is 5. The Balaban J connectivity index is 1.45. The number of aliphatic hydroxyl groups excluding tert-OH is 1. The fourth-order valence-electron chi connectivity index (χ4n) is 9.19. The van der Waals surface area contributed by atoms with Crippen molar-refractivity contribution < 1.29 is 23.4 Å². The van der Waals surface area contributed by atoms with Gasteiger partial charge >= 0.3 is 6.18 Å². The first-order valence-electron chi connectivity index (χ1n) is 12.7. The molecule has 0 amide bonds. The molecule has 0 aromatic heterocycles. The van der Waals surface area contributed by atoms with Gasteiger partial charge < -0.3 is 10.2 Å². The molecule has 0 unspecified atom stereocenters. The van der Waals surface area contributed by atoms with E-state index in [1.54, 1.807) is 0 Å². The van der Waals surface area contributed by atoms with E-state index in [2.05, 4.69) is 20.8 Å². The molecule has 2 nitrogen and oxygen atoms in total. The lowest BCUT2D eigenvalue weighted by Gasteiger charge is -2.62. The Morgan fingerprint density at radius 3 is 2.23 bits per heavy atom. The minimum absolute atomic E-state index is 0.173. The van der Waals surface area contributed by atoms with E-state index in [9.17, 15) is 23.4 Å². The van der Waals surface area contributed by atoms with Gasteiger partial charge in [-0.1, -0.05) is 20.8 Å². The van der Waals surface area contributed by atoms with Crippen LogP contribution in [-0.2, 0) is 0 Å². The van der Waals surface area contributed by atoms with Gasteiger partial charge in [0, 0.05) is 0 Å². The molecule has 4 aliphatic carbocycles. The summed E-state index contributed by atoms with van der Waals surface area (Å²) in [5, 5.41) is 20.1. The predicted octanol–water partition coefficient (Wildman–Crippen LogP) is 6.74. The Labute approximate surface area is 186 Å². The Kier molecular flexibility index (Phi) is 6.07. The number of alkyl halides is 3. The summed E-state index contributed by atoms with van der Waals surface area (Å²) in [4.78, 5) is 0. The SMILES string of the molecule is C[C@H](CC[C@H](O)C(F)(F)F)[C@H]1CC[C@H]2[C@@H]3CC[C@H]4C[C@@](C)(O)CC[C@]4(C)[C@H]3CC[C@]12C. The van der Waals surface area contributed by atoms with E-state index in [1.807, 2.05) is 6.92 Å². The third-order valence-corrected chi connectivity index (χ3v) is 11.0. The number of hydrogen-bond donors (Lipinski definition) is 2. The summed E-state index contributed by atoms with van der Waals surface area (Å²) < 4.78 is 38.3. The van der Waals surface area contributed by atoms with Crippen molar-refractivity contribution in [1.82, 2.24) is 0 Å². The first kappa shape index (κ1) is 23.9. The van der Waals surface area contributed by atoms with E-state index < -0.39 is 17.9 Å². The molecule has 10 atom stereocenters. The Hall–Kier alpha value is -0.290. The topological polar surface area (TPSA) is 40.5 Å². The summed E-state index contributed by atoms with van der Waals surface area (Å²) >= 11 is 0. The summed E-state index contributed by atoms with van der Waals surface area (Å²) in [6.07, 6.45) is 3.82. The highest BCUT2D eigenvalue weighted by Gasteiger charge is 2.61. The highest BCUT2D eigenvalue weighted by atomic mass is 19.4. The van der Waals surface area contributed by atoms with Crippen LogP contribution < -0.4 is 0 Å². The molecule has 4 rings (SSSR count). The lowest BCUT2D eigenvalue weighted by Crippen LogP contribution is -2.55. The second kappa shape index (κ2) is 7.89. The van der Waals surface area contributed by atoms with Crippen molar-refractivity contribution in [3.05, 3.63) is 0 Å². The Bertz CT molecular complexity index is 662. The number of halogens is 3. The van der Waals surface area contributed by atoms with E-state index in [0.717, 1.165) is 37.5 Å². The normalized spacial score (nSPS) is 49.6. The van der Waals surface area contributed by atoms with Gasteiger partial charge in [-0.15, -0.1) is 0 Å². The highest BCUT2D eigenvalue weighted by Crippen LogP contribution is 2.68. The number of rotatable bonds is 4. The molecule has 0 aliphatic heterocycles. The van der Waals surface area contributed by atoms with Crippen molar-refractivity contribution in [2.75, 3.05) is 0 Å². The van der Waals surface area contributed by atoms with Crippen molar-refractivity contribution in [2.24, 2.45) is 46.3 Å². The highest BCUT2D eigenvalue weighted by molar-refractivity contribution is 5.10. The van der Waals surface area contributed by atoms with Gasteiger partial charge in [-0.2, -0.15) is 13.2 Å². The van der Waals surface area contributed by atoms with Gasteiger partial charge in [-0.3, -0.25) is 0 Å². The quantitative estimate of drug-likeness (QED) is 0.504. The molecule has 0 spiro atoms. The number of aliphatic hydroxyl groups is 2. The fraction of sp³-hybridized carbons (Fsp3) is 1.00. The summed E-state index contributed by atoms with van der Waals surface area (Å²) in [6, 6.07) is 0. The minimum atomic E-state index is -4.50. The maximum absolute atomic E-state index is 12.8. The van der Waals surface area contributed by atoms with Gasteiger partial charge in [-0.05, 0) is 124 Å². The van der Waals surface area contributed by atoms with E-state index in [-0.39, 0.29) is 17.8 Å². The molecule has 0 heterocycles. The lowest BCUT2D eigenvalue weighted by molar-refractivity contribution is -0.206. The van der Waals surface area contributed by atoms with Gasteiger partial charge in [-0.25, -0.2) is 0 Å². The van der Waals surface area contributed by atoms with Crippen LogP contribution in [0.3, 0.4) is 0 Å². The second-order valence-corrected chi connectivity index (χ2v) is 12.7. The van der Waals surface area contributed by atoms with Crippen molar-refractivity contribution in [1.29, 1.82) is 0 Å². The second-order valence-electron chi connectivity index (χ2n) is 12.7. The van der Waals surface area contributed by atoms with Crippen molar-refractivity contribution in [3.63, 3.8) is 0 Å². The van der Waals surface area contributed by atoms with Crippen molar-refractivity contribution >= 4 is 0 Å². The van der Waals surface area contributed by atoms with Gasteiger partial charge in [0.2, 0.25) is 0 Å². The molecular formula is C26H43F3O2. The van der Waals surface area contributed by atoms with Crippen LogP contribution in [0.15, 0.2) is 0 Å². The molecule has 0 aromatic rings. The van der Waals surface area contributed by atoms with E-state index in [1.165, 1.54) is 32.1 Å². The van der Waals surface area contributed by atoms with Gasteiger partial charge in [0.15, 0.2) is 0 Å². The molecule has 4 saturated carbocycles. The molecule has 4 aliphatic rings. The zero-order valence-electron chi connectivity index (χ0n) is 19.8. The van der Waals surface area contributed by atoms with E-state index in [0.29, 0.717) is 29.6 Å². The van der Waals surface area contributed by atoms with Gasteiger partial charge in [0.25, 0.3) is 0 Å². The largest absolute Gasteiger partial charge is 0.414 e. The van der Waals surface area contributed by atoms with Crippen LogP contribution in [-0.4, -0.2) is 28.1 Å². The monoisotopic (exact) mass is 444 g/mol. The van der Waals surface area contributed by atoms with Crippen LogP contribution in [0.25, 0.3) is 0 Å². The Morgan fingerprint density at radius 2 is 1.55 bits per heavy atom. The van der Waals surface area contributed by atoms with Gasteiger partial charge in [0.05, 0.1) is 5.60 Å². The average Bonchev–Trinajstić information content (AvgIpc) is 3.02. The summed E-state index contributed by atoms with van der Waals surface area (Å²) in [6.45, 7) is 9.06. The van der Waals surface area contributed by atoms with E-state index >= 15 is 0 Å². The molecule has 4 fully saturated rings. The first-order valence-corrected chi connectivity index (χ1v) is 12.7. The maximum Gasteiger partial charge on any atom is 0.414 e. The van der Waals surface area contributed by atoms with Crippen LogP contribution in [0, 0.1) is 46.3 Å². The van der Waals surface area contributed by atoms with E-state index in [4.69, 9.17) is 0 Å². The molecule has 180 valence electrons. The van der Waals surface area contributed by atoms with Gasteiger partial charge in [0.1, 0.15) is 6.10 Å². The molecule has 31 heavy (non-hydrogen) atoms. The molecule has 2 N–H and O–H groups in total. The molecule has 0 aromatic carbocycles. The summed E-state index contributed by atoms with van der Waals surface area (Å²) in [5.74, 6) is 3.48. The van der Waals surface area contributed by atoms with Crippen molar-refractivity contribution in [2.45, 2.75) is 116 Å². The lowest BCUT2D eigenvalue weighted by atomic mass is 9.43. The third-order valence-electron chi connectivity index (χ3n) is 11.0. The zero-order valence-corrected chi connectivity index (χ0v) is 19.8. The predicted molar refractivity (Wildman–Crippen MR) is 116 cm³/mol. The smallest absolute Gasteiger partial charge is 0.390 e. The average molecular weight is 445 g/mol. The molecule has 0 saturated heterocycles. The molecular weight excluding hydrogens is 401 g/mol. The maximum atomic E-state index is 12.8. The molecule has 0 radical (unpaired) electrons. The summed E-state index contributed by atoms with van der Waals surface area (Å²) in [5.41, 5.74) is 0.0647. The first-order chi connectivity index (χ1) is 14.3.